The fourth-order valence-electron chi connectivity index (χ4n) is 1.52. The molecule has 0 aromatic heterocycles. The van der Waals surface area contributed by atoms with Crippen LogP contribution in [0.25, 0.3) is 0 Å². The Hall–Kier alpha value is -1.12. The van der Waals surface area contributed by atoms with Crippen LogP contribution in [0.15, 0.2) is 23.2 Å². The molecule has 0 atom stereocenters. The van der Waals surface area contributed by atoms with Crippen LogP contribution in [-0.4, -0.2) is 32.2 Å². The quantitative estimate of drug-likeness (QED) is 0.304. The molecule has 0 heterocycles. The zero-order valence-electron chi connectivity index (χ0n) is 13.2. The highest BCUT2D eigenvalue weighted by atomic mass is 127. The van der Waals surface area contributed by atoms with E-state index < -0.39 is 11.6 Å². The van der Waals surface area contributed by atoms with E-state index >= 15 is 0 Å². The summed E-state index contributed by atoms with van der Waals surface area (Å²) < 4.78 is 31.1. The predicted molar refractivity (Wildman–Crippen MR) is 96.1 cm³/mol. The number of benzene rings is 1. The van der Waals surface area contributed by atoms with Gasteiger partial charge in [0.05, 0.1) is 6.54 Å². The number of nitrogens with one attached hydrogen (secondary N) is 2. The molecule has 1 aromatic carbocycles. The number of hydrogen-bond donors (Lipinski definition) is 2. The lowest BCUT2D eigenvalue weighted by Gasteiger charge is -2.12. The van der Waals surface area contributed by atoms with Gasteiger partial charge in [-0.05, 0) is 25.0 Å². The summed E-state index contributed by atoms with van der Waals surface area (Å²) >= 11 is 0. The molecule has 0 fully saturated rings. The summed E-state index contributed by atoms with van der Waals surface area (Å²) in [5.41, 5.74) is 0. The maximum absolute atomic E-state index is 13.0. The summed E-state index contributed by atoms with van der Waals surface area (Å²) in [6.07, 6.45) is 0. The Labute approximate surface area is 147 Å². The number of ether oxygens (including phenoxy) is 1. The van der Waals surface area contributed by atoms with Crippen molar-refractivity contribution in [1.29, 1.82) is 0 Å². The molecular formula is C15H24F2IN3O. The third-order valence-corrected chi connectivity index (χ3v) is 2.51. The zero-order chi connectivity index (χ0) is 15.7. The van der Waals surface area contributed by atoms with Crippen molar-refractivity contribution in [3.63, 3.8) is 0 Å². The average Bonchev–Trinajstić information content (AvgIpc) is 2.44. The molecule has 0 aliphatic rings. The number of rotatable bonds is 7. The predicted octanol–water partition coefficient (Wildman–Crippen LogP) is 3.17. The SMILES string of the molecule is CCNC(=NCC(C)C)NCCOc1ccc(F)c(F)c1.I. The molecule has 126 valence electrons. The van der Waals surface area contributed by atoms with Gasteiger partial charge < -0.3 is 15.4 Å². The van der Waals surface area contributed by atoms with Crippen LogP contribution in [0.2, 0.25) is 0 Å². The Balaban J connectivity index is 0.00000441. The summed E-state index contributed by atoms with van der Waals surface area (Å²) in [5.74, 6) is -0.276. The molecular weight excluding hydrogens is 403 g/mol. The number of aliphatic imine (C=N–C) groups is 1. The van der Waals surface area contributed by atoms with Gasteiger partial charge in [0.2, 0.25) is 0 Å². The van der Waals surface area contributed by atoms with Gasteiger partial charge >= 0.3 is 0 Å². The molecule has 22 heavy (non-hydrogen) atoms. The first-order valence-electron chi connectivity index (χ1n) is 7.13. The van der Waals surface area contributed by atoms with Crippen molar-refractivity contribution in [2.45, 2.75) is 20.8 Å². The maximum atomic E-state index is 13.0. The third kappa shape index (κ3) is 8.35. The van der Waals surface area contributed by atoms with Crippen molar-refractivity contribution in [3.05, 3.63) is 29.8 Å². The van der Waals surface area contributed by atoms with Crippen LogP contribution in [0.3, 0.4) is 0 Å². The minimum atomic E-state index is -0.910. The fraction of sp³-hybridized carbons (Fsp3) is 0.533. The molecule has 7 heteroatoms. The van der Waals surface area contributed by atoms with Gasteiger partial charge in [0.25, 0.3) is 0 Å². The molecule has 0 aliphatic heterocycles. The minimum Gasteiger partial charge on any atom is -0.492 e. The first-order valence-corrected chi connectivity index (χ1v) is 7.13. The Kier molecular flexibility index (Phi) is 10.9. The Morgan fingerprint density at radius 1 is 1.23 bits per heavy atom. The minimum absolute atomic E-state index is 0. The Bertz CT molecular complexity index is 470. The van der Waals surface area contributed by atoms with E-state index in [4.69, 9.17) is 4.74 Å². The second-order valence-corrected chi connectivity index (χ2v) is 4.96. The molecule has 4 nitrogen and oxygen atoms in total. The first-order chi connectivity index (χ1) is 10.0. The third-order valence-electron chi connectivity index (χ3n) is 2.51. The van der Waals surface area contributed by atoms with E-state index in [1.165, 1.54) is 6.07 Å². The number of halogens is 3. The van der Waals surface area contributed by atoms with Crippen molar-refractivity contribution in [1.82, 2.24) is 10.6 Å². The Morgan fingerprint density at radius 2 is 1.95 bits per heavy atom. The molecule has 1 aromatic rings. The van der Waals surface area contributed by atoms with Crippen molar-refractivity contribution < 1.29 is 13.5 Å². The molecule has 0 aliphatic carbocycles. The van der Waals surface area contributed by atoms with Gasteiger partial charge in [-0.3, -0.25) is 4.99 Å². The number of hydrogen-bond acceptors (Lipinski definition) is 2. The fourth-order valence-corrected chi connectivity index (χ4v) is 1.52. The molecule has 0 saturated heterocycles. The van der Waals surface area contributed by atoms with Crippen LogP contribution in [0.4, 0.5) is 8.78 Å². The van der Waals surface area contributed by atoms with E-state index in [1.54, 1.807) is 0 Å². The van der Waals surface area contributed by atoms with Crippen molar-refractivity contribution in [2.24, 2.45) is 10.9 Å². The molecule has 0 bridgehead atoms. The highest BCUT2D eigenvalue weighted by Crippen LogP contribution is 2.14. The molecule has 0 spiro atoms. The Morgan fingerprint density at radius 3 is 2.55 bits per heavy atom. The van der Waals surface area contributed by atoms with Gasteiger partial charge in [-0.2, -0.15) is 0 Å². The normalized spacial score (nSPS) is 11.1. The van der Waals surface area contributed by atoms with E-state index in [-0.39, 0.29) is 24.0 Å². The molecule has 0 saturated carbocycles. The number of guanidine groups is 1. The monoisotopic (exact) mass is 427 g/mol. The zero-order valence-corrected chi connectivity index (χ0v) is 15.5. The van der Waals surface area contributed by atoms with Crippen LogP contribution in [0.5, 0.6) is 5.75 Å². The van der Waals surface area contributed by atoms with Gasteiger partial charge in [-0.25, -0.2) is 8.78 Å². The standard InChI is InChI=1S/C15H23F2N3O.HI/c1-4-18-15(20-10-11(2)3)19-7-8-21-12-5-6-13(16)14(17)9-12;/h5-6,9,11H,4,7-8,10H2,1-3H3,(H2,18,19,20);1H. The van der Waals surface area contributed by atoms with Gasteiger partial charge in [-0.15, -0.1) is 24.0 Å². The maximum Gasteiger partial charge on any atom is 0.191 e. The van der Waals surface area contributed by atoms with E-state index in [0.717, 1.165) is 31.2 Å². The topological polar surface area (TPSA) is 45.7 Å². The lowest BCUT2D eigenvalue weighted by Crippen LogP contribution is -2.39. The van der Waals surface area contributed by atoms with Crippen LogP contribution in [-0.2, 0) is 0 Å². The lowest BCUT2D eigenvalue weighted by molar-refractivity contribution is 0.318. The van der Waals surface area contributed by atoms with Gasteiger partial charge in [0.15, 0.2) is 17.6 Å². The van der Waals surface area contributed by atoms with Crippen molar-refractivity contribution in [2.75, 3.05) is 26.2 Å². The van der Waals surface area contributed by atoms with Crippen LogP contribution < -0.4 is 15.4 Å². The summed E-state index contributed by atoms with van der Waals surface area (Å²) in [6.45, 7) is 8.54. The number of nitrogens with zero attached hydrogens (tertiary/aromatic N) is 1. The summed E-state index contributed by atoms with van der Waals surface area (Å²) in [5, 5.41) is 6.25. The van der Waals surface area contributed by atoms with E-state index in [9.17, 15) is 8.78 Å². The molecule has 0 radical (unpaired) electrons. The largest absolute Gasteiger partial charge is 0.492 e. The van der Waals surface area contributed by atoms with Crippen LogP contribution in [0.1, 0.15) is 20.8 Å². The van der Waals surface area contributed by atoms with Crippen LogP contribution in [0, 0.1) is 17.6 Å². The molecule has 0 unspecified atom stereocenters. The van der Waals surface area contributed by atoms with Gasteiger partial charge in [0.1, 0.15) is 12.4 Å². The van der Waals surface area contributed by atoms with E-state index in [2.05, 4.69) is 29.5 Å². The van der Waals surface area contributed by atoms with Gasteiger partial charge in [0, 0.05) is 19.2 Å². The highest BCUT2D eigenvalue weighted by molar-refractivity contribution is 14.0. The second-order valence-electron chi connectivity index (χ2n) is 4.96. The van der Waals surface area contributed by atoms with Crippen molar-refractivity contribution >= 4 is 29.9 Å². The molecule has 2 N–H and O–H groups in total. The summed E-state index contributed by atoms with van der Waals surface area (Å²) in [6, 6.07) is 3.48. The smallest absolute Gasteiger partial charge is 0.191 e. The molecule has 0 amide bonds. The van der Waals surface area contributed by atoms with Crippen LogP contribution >= 0.6 is 24.0 Å². The summed E-state index contributed by atoms with van der Waals surface area (Å²) in [7, 11) is 0. The van der Waals surface area contributed by atoms with E-state index in [1.807, 2.05) is 6.92 Å². The molecule has 1 rings (SSSR count). The second kappa shape index (κ2) is 11.4. The highest BCUT2D eigenvalue weighted by Gasteiger charge is 2.03. The van der Waals surface area contributed by atoms with E-state index in [0.29, 0.717) is 24.8 Å². The van der Waals surface area contributed by atoms with Crippen molar-refractivity contribution in [3.8, 4) is 5.75 Å². The first kappa shape index (κ1) is 20.9. The van der Waals surface area contributed by atoms with Gasteiger partial charge in [-0.1, -0.05) is 13.8 Å². The summed E-state index contributed by atoms with van der Waals surface area (Å²) in [4.78, 5) is 4.41. The lowest BCUT2D eigenvalue weighted by atomic mass is 10.2. The average molecular weight is 427 g/mol.